The molecule has 0 bridgehead atoms. The highest BCUT2D eigenvalue weighted by Gasteiger charge is 2.16. The molecule has 0 saturated carbocycles. The molecule has 0 aliphatic carbocycles. The van der Waals surface area contributed by atoms with E-state index >= 15 is 0 Å². The van der Waals surface area contributed by atoms with E-state index in [9.17, 15) is 27.5 Å². The number of hydrogen-bond donors (Lipinski definition) is 0. The van der Waals surface area contributed by atoms with Crippen molar-refractivity contribution in [2.45, 2.75) is 13.8 Å². The van der Waals surface area contributed by atoms with Crippen LogP contribution in [0.15, 0.2) is 36.4 Å². The van der Waals surface area contributed by atoms with Gasteiger partial charge in [-0.3, -0.25) is 23.1 Å². The van der Waals surface area contributed by atoms with E-state index in [0.717, 1.165) is 5.56 Å². The van der Waals surface area contributed by atoms with E-state index < -0.39 is 12.5 Å². The van der Waals surface area contributed by atoms with Crippen molar-refractivity contribution in [2.24, 2.45) is 0 Å². The van der Waals surface area contributed by atoms with Gasteiger partial charge in [0, 0.05) is 17.2 Å². The number of halogens is 5. The normalized spacial score (nSPS) is 9.30. The summed E-state index contributed by atoms with van der Waals surface area (Å²) < 4.78 is 42.7. The highest BCUT2D eigenvalue weighted by atomic mass is 19.4. The summed E-state index contributed by atoms with van der Waals surface area (Å²) in [6.45, 7) is 3.48. The summed E-state index contributed by atoms with van der Waals surface area (Å²) in [6.07, 6.45) is 0. The van der Waals surface area contributed by atoms with Crippen LogP contribution in [-0.4, -0.2) is 12.5 Å². The number of benzene rings is 2. The Kier molecular flexibility index (Phi) is 7.92. The highest BCUT2D eigenvalue weighted by molar-refractivity contribution is 6.33. The lowest BCUT2D eigenvalue weighted by Gasteiger charge is -2.07. The Balaban J connectivity index is 0.000000871. The van der Waals surface area contributed by atoms with Gasteiger partial charge in [-0.15, -0.1) is 0 Å². The van der Waals surface area contributed by atoms with Gasteiger partial charge in [0.1, 0.15) is 5.82 Å². The van der Waals surface area contributed by atoms with Gasteiger partial charge in [-0.25, -0.2) is 4.39 Å². The monoisotopic (exact) mass is 332 g/mol. The fourth-order valence-electron chi connectivity index (χ4n) is 1.88. The van der Waals surface area contributed by atoms with Crippen LogP contribution in [0.4, 0.5) is 23.0 Å². The lowest BCUT2D eigenvalue weighted by atomic mass is 9.98. The number of nitro benzene ring substituents is 1. The maximum atomic E-state index is 13.7. The molecule has 0 fully saturated rings. The molecular weight excluding hydrogens is 320 g/mol. The molecule has 0 aliphatic rings. The fraction of sp³-hybridized carbons (Fsp3) is 0.143. The van der Waals surface area contributed by atoms with Crippen LogP contribution in [0.25, 0.3) is 11.1 Å². The predicted octanol–water partition coefficient (Wildman–Crippen LogP) is 1.90. The molecule has 0 aromatic heterocycles. The molecule has 23 heavy (non-hydrogen) atoms. The summed E-state index contributed by atoms with van der Waals surface area (Å²) in [5.74, 6) is -0.380. The quantitative estimate of drug-likeness (QED) is 0.365. The van der Waals surface area contributed by atoms with E-state index in [1.165, 1.54) is 12.1 Å². The molecule has 2 aromatic rings. The van der Waals surface area contributed by atoms with Gasteiger partial charge in [0.15, 0.2) is 0 Å². The Bertz CT molecular complexity index is 679. The first-order valence-electron chi connectivity index (χ1n) is 6.16. The van der Waals surface area contributed by atoms with Gasteiger partial charge in [0.05, 0.1) is 4.92 Å². The zero-order chi connectivity index (χ0) is 16.9. The third kappa shape index (κ3) is 5.69. The standard InChI is InChI=1S/C14H12FNO2.BF3.FH/c1-9-7-11(8-14(10(9)2)16(17)18)12-5-3-4-6-13(12)15;2-1(3)4;/h3-8H,1-2H3;;1H/p-1. The first-order chi connectivity index (χ1) is 10.2. The topological polar surface area (TPSA) is 43.1 Å². The van der Waals surface area contributed by atoms with Crippen LogP contribution in [0.1, 0.15) is 11.1 Å². The maximum absolute atomic E-state index is 13.7. The molecule has 0 unspecified atom stereocenters. The third-order valence-corrected chi connectivity index (χ3v) is 3.02. The largest absolute Gasteiger partial charge is 1.00 e. The summed E-state index contributed by atoms with van der Waals surface area (Å²) in [4.78, 5) is 10.5. The molecule has 2 aromatic carbocycles. The molecule has 0 N–H and O–H groups in total. The van der Waals surface area contributed by atoms with E-state index in [4.69, 9.17) is 0 Å². The fourth-order valence-corrected chi connectivity index (χ4v) is 1.88. The van der Waals surface area contributed by atoms with Crippen LogP contribution in [0, 0.1) is 29.8 Å². The Labute approximate surface area is 129 Å². The summed E-state index contributed by atoms with van der Waals surface area (Å²) in [7, 11) is -3.67. The molecule has 0 saturated heterocycles. The smallest absolute Gasteiger partial charge is 0.762 e. The number of aryl methyl sites for hydroxylation is 1. The van der Waals surface area contributed by atoms with Crippen molar-refractivity contribution in [3.63, 3.8) is 0 Å². The Morgan fingerprint density at radius 1 is 1.09 bits per heavy atom. The minimum Gasteiger partial charge on any atom is -1.00 e. The second-order valence-corrected chi connectivity index (χ2v) is 4.42. The summed E-state index contributed by atoms with van der Waals surface area (Å²) in [6, 6.07) is 9.44. The Hall–Kier alpha value is -2.45. The first kappa shape index (κ1) is 20.6. The van der Waals surface area contributed by atoms with Crippen molar-refractivity contribution in [3.05, 3.63) is 63.5 Å². The van der Waals surface area contributed by atoms with E-state index in [-0.39, 0.29) is 16.2 Å². The van der Waals surface area contributed by atoms with Crippen molar-refractivity contribution >= 4 is 13.2 Å². The average molecular weight is 332 g/mol. The molecular formula is C14H12BF5NO2-. The second-order valence-electron chi connectivity index (χ2n) is 4.42. The van der Waals surface area contributed by atoms with Gasteiger partial charge in [-0.05, 0) is 31.0 Å². The lowest BCUT2D eigenvalue weighted by molar-refractivity contribution is -0.385. The SMILES string of the molecule is Cc1cc(-c2ccccc2F)cc([N+](=O)[O-])c1C.FB(F)F.[F-]. The lowest BCUT2D eigenvalue weighted by Crippen LogP contribution is -3.00. The molecule has 2 rings (SSSR count). The van der Waals surface area contributed by atoms with E-state index in [1.54, 1.807) is 38.1 Å². The van der Waals surface area contributed by atoms with Crippen LogP contribution < -0.4 is 4.70 Å². The van der Waals surface area contributed by atoms with Crippen molar-refractivity contribution in [2.75, 3.05) is 0 Å². The van der Waals surface area contributed by atoms with Gasteiger partial charge in [-0.1, -0.05) is 24.3 Å². The van der Waals surface area contributed by atoms with Crippen molar-refractivity contribution in [1.29, 1.82) is 0 Å². The van der Waals surface area contributed by atoms with E-state index in [1.807, 2.05) is 0 Å². The van der Waals surface area contributed by atoms with Crippen LogP contribution in [0.5, 0.6) is 0 Å². The van der Waals surface area contributed by atoms with Gasteiger partial charge in [0.2, 0.25) is 0 Å². The van der Waals surface area contributed by atoms with Crippen molar-refractivity contribution < 1.29 is 27.0 Å². The molecule has 3 nitrogen and oxygen atoms in total. The molecule has 0 radical (unpaired) electrons. The van der Waals surface area contributed by atoms with Crippen LogP contribution in [0.3, 0.4) is 0 Å². The van der Waals surface area contributed by atoms with Crippen LogP contribution in [-0.2, 0) is 0 Å². The molecule has 0 aliphatic heterocycles. The number of nitrogens with zero attached hydrogens (tertiary/aromatic N) is 1. The Morgan fingerprint density at radius 2 is 1.61 bits per heavy atom. The zero-order valence-electron chi connectivity index (χ0n) is 12.2. The minimum absolute atomic E-state index is 0. The van der Waals surface area contributed by atoms with Gasteiger partial charge in [0.25, 0.3) is 5.69 Å². The molecule has 9 heteroatoms. The van der Waals surface area contributed by atoms with Gasteiger partial charge in [-0.2, -0.15) is 0 Å². The van der Waals surface area contributed by atoms with Crippen molar-refractivity contribution in [3.8, 4) is 11.1 Å². The van der Waals surface area contributed by atoms with E-state index in [2.05, 4.69) is 0 Å². The average Bonchev–Trinajstić information content (AvgIpc) is 2.41. The number of hydrogen-bond acceptors (Lipinski definition) is 2. The summed E-state index contributed by atoms with van der Waals surface area (Å²) >= 11 is 0. The molecule has 0 heterocycles. The molecule has 124 valence electrons. The minimum atomic E-state index is -3.67. The molecule has 0 spiro atoms. The third-order valence-electron chi connectivity index (χ3n) is 3.02. The first-order valence-corrected chi connectivity index (χ1v) is 6.16. The molecule has 0 amide bonds. The van der Waals surface area contributed by atoms with Gasteiger partial charge < -0.3 is 4.70 Å². The predicted molar refractivity (Wildman–Crippen MR) is 77.0 cm³/mol. The number of nitro groups is 1. The highest BCUT2D eigenvalue weighted by Crippen LogP contribution is 2.30. The maximum Gasteiger partial charge on any atom is 0.762 e. The summed E-state index contributed by atoms with van der Waals surface area (Å²) in [5.41, 5.74) is 2.32. The zero-order valence-corrected chi connectivity index (χ0v) is 12.2. The van der Waals surface area contributed by atoms with Crippen molar-refractivity contribution in [1.82, 2.24) is 0 Å². The number of rotatable bonds is 2. The van der Waals surface area contributed by atoms with Crippen LogP contribution in [0.2, 0.25) is 0 Å². The van der Waals surface area contributed by atoms with E-state index in [0.29, 0.717) is 16.7 Å². The van der Waals surface area contributed by atoms with Gasteiger partial charge >= 0.3 is 7.54 Å². The summed E-state index contributed by atoms with van der Waals surface area (Å²) in [5, 5.41) is 11.0. The Morgan fingerprint density at radius 3 is 2.09 bits per heavy atom. The second kappa shape index (κ2) is 8.87. The van der Waals surface area contributed by atoms with Crippen LogP contribution >= 0.6 is 0 Å². The molecule has 0 atom stereocenters.